The fourth-order valence-corrected chi connectivity index (χ4v) is 3.57. The summed E-state index contributed by atoms with van der Waals surface area (Å²) in [6, 6.07) is 15.8. The van der Waals surface area contributed by atoms with Crippen LogP contribution in [0.4, 0.5) is 5.82 Å². The van der Waals surface area contributed by atoms with Gasteiger partial charge in [-0.3, -0.25) is 14.8 Å². The fraction of sp³-hybridized carbons (Fsp3) is 0.364. The number of H-pyrrole nitrogens is 1. The van der Waals surface area contributed by atoms with Crippen molar-refractivity contribution >= 4 is 22.6 Å². The van der Waals surface area contributed by atoms with Crippen LogP contribution < -0.4 is 10.1 Å². The van der Waals surface area contributed by atoms with Gasteiger partial charge >= 0.3 is 0 Å². The zero-order valence-corrected chi connectivity index (χ0v) is 16.0. The minimum Gasteiger partial charge on any atom is -0.492 e. The van der Waals surface area contributed by atoms with Gasteiger partial charge in [-0.2, -0.15) is 5.10 Å². The molecule has 4 rings (SSSR count). The summed E-state index contributed by atoms with van der Waals surface area (Å²) in [5.41, 5.74) is 2.03. The molecule has 6 nitrogen and oxygen atoms in total. The Hall–Kier alpha value is -2.86. The number of likely N-dealkylation sites (tertiary alicyclic amines) is 1. The molecule has 28 heavy (non-hydrogen) atoms. The number of ether oxygens (including phenoxy) is 1. The minimum absolute atomic E-state index is 0.0439. The number of fused-ring (bicyclic) bond motifs is 1. The number of amides is 1. The number of benzene rings is 2. The van der Waals surface area contributed by atoms with Crippen molar-refractivity contribution in [3.05, 3.63) is 54.1 Å². The van der Waals surface area contributed by atoms with Gasteiger partial charge in [0.1, 0.15) is 12.4 Å². The van der Waals surface area contributed by atoms with Crippen LogP contribution in [0.25, 0.3) is 10.9 Å². The molecule has 0 unspecified atom stereocenters. The van der Waals surface area contributed by atoms with Gasteiger partial charge in [0.2, 0.25) is 5.91 Å². The number of carbonyl (C=O) groups is 1. The topological polar surface area (TPSA) is 70.2 Å². The van der Waals surface area contributed by atoms with Crippen molar-refractivity contribution in [3.8, 4) is 5.75 Å². The number of carbonyl (C=O) groups excluding carboxylic acids is 1. The molecule has 1 fully saturated rings. The lowest BCUT2D eigenvalue weighted by molar-refractivity contribution is -0.116. The highest BCUT2D eigenvalue weighted by Crippen LogP contribution is 2.25. The first-order valence-corrected chi connectivity index (χ1v) is 9.95. The lowest BCUT2D eigenvalue weighted by Gasteiger charge is -2.14. The minimum atomic E-state index is -0.0439. The van der Waals surface area contributed by atoms with Crippen molar-refractivity contribution in [1.82, 2.24) is 15.1 Å². The second-order valence-corrected chi connectivity index (χ2v) is 7.21. The molecular weight excluding hydrogens is 352 g/mol. The Kier molecular flexibility index (Phi) is 5.87. The normalized spacial score (nSPS) is 14.4. The lowest BCUT2D eigenvalue weighted by atomic mass is 10.1. The molecular formula is C22H26N4O2. The average Bonchev–Trinajstić information content (AvgIpc) is 3.38. The van der Waals surface area contributed by atoms with Crippen molar-refractivity contribution in [2.45, 2.75) is 25.7 Å². The van der Waals surface area contributed by atoms with E-state index in [9.17, 15) is 4.79 Å². The molecule has 2 N–H and O–H groups in total. The Labute approximate surface area is 164 Å². The predicted octanol–water partition coefficient (Wildman–Crippen LogP) is 3.61. The number of rotatable bonds is 8. The third-order valence-corrected chi connectivity index (χ3v) is 5.15. The summed E-state index contributed by atoms with van der Waals surface area (Å²) in [6.07, 6.45) is 3.70. The van der Waals surface area contributed by atoms with Crippen LogP contribution in [0.2, 0.25) is 0 Å². The highest BCUT2D eigenvalue weighted by atomic mass is 16.5. The second-order valence-electron chi connectivity index (χ2n) is 7.21. The van der Waals surface area contributed by atoms with E-state index < -0.39 is 0 Å². The number of hydrogen-bond acceptors (Lipinski definition) is 4. The Balaban J connectivity index is 1.34. The molecule has 1 aliphatic heterocycles. The molecule has 0 radical (unpaired) electrons. The molecule has 0 saturated carbocycles. The lowest BCUT2D eigenvalue weighted by Crippen LogP contribution is -2.25. The first kappa shape index (κ1) is 18.5. The molecule has 1 amide bonds. The van der Waals surface area contributed by atoms with Crippen molar-refractivity contribution in [2.75, 3.05) is 31.6 Å². The molecule has 3 aromatic rings. The summed E-state index contributed by atoms with van der Waals surface area (Å²) in [7, 11) is 0. The summed E-state index contributed by atoms with van der Waals surface area (Å²) in [5, 5.41) is 11.0. The molecule has 1 saturated heterocycles. The first-order valence-electron chi connectivity index (χ1n) is 9.95. The van der Waals surface area contributed by atoms with Crippen molar-refractivity contribution in [3.63, 3.8) is 0 Å². The molecule has 0 atom stereocenters. The van der Waals surface area contributed by atoms with E-state index in [2.05, 4.69) is 20.4 Å². The van der Waals surface area contributed by atoms with E-state index >= 15 is 0 Å². The van der Waals surface area contributed by atoms with Gasteiger partial charge in [0.25, 0.3) is 0 Å². The highest BCUT2D eigenvalue weighted by molar-refractivity contribution is 6.00. The van der Waals surface area contributed by atoms with Crippen molar-refractivity contribution in [2.24, 2.45) is 0 Å². The smallest absolute Gasteiger partial charge is 0.225 e. The Morgan fingerprint density at radius 1 is 1.14 bits per heavy atom. The number of aromatic amines is 1. The van der Waals surface area contributed by atoms with E-state index in [-0.39, 0.29) is 5.91 Å². The van der Waals surface area contributed by atoms with Crippen LogP contribution in [0.3, 0.4) is 0 Å². The maximum absolute atomic E-state index is 12.3. The van der Waals surface area contributed by atoms with Crippen LogP contribution in [-0.2, 0) is 11.2 Å². The Bertz CT molecular complexity index is 917. The van der Waals surface area contributed by atoms with E-state index in [0.29, 0.717) is 25.3 Å². The quantitative estimate of drug-likeness (QED) is 0.628. The zero-order chi connectivity index (χ0) is 19.2. The van der Waals surface area contributed by atoms with Gasteiger partial charge in [0.05, 0.1) is 5.52 Å². The van der Waals surface area contributed by atoms with Gasteiger partial charge < -0.3 is 10.1 Å². The van der Waals surface area contributed by atoms with Gasteiger partial charge in [-0.05, 0) is 56.1 Å². The number of nitrogens with one attached hydrogen (secondary N) is 2. The van der Waals surface area contributed by atoms with Crippen LogP contribution in [0.1, 0.15) is 24.8 Å². The summed E-state index contributed by atoms with van der Waals surface area (Å²) < 4.78 is 5.91. The van der Waals surface area contributed by atoms with Gasteiger partial charge in [-0.25, -0.2) is 0 Å². The van der Waals surface area contributed by atoms with Crippen LogP contribution in [0.5, 0.6) is 5.75 Å². The highest BCUT2D eigenvalue weighted by Gasteiger charge is 2.13. The van der Waals surface area contributed by atoms with Crippen LogP contribution in [0, 0.1) is 0 Å². The Morgan fingerprint density at radius 2 is 1.96 bits per heavy atom. The van der Waals surface area contributed by atoms with Gasteiger partial charge in [0.15, 0.2) is 5.82 Å². The van der Waals surface area contributed by atoms with E-state index in [1.54, 1.807) is 0 Å². The molecule has 0 spiro atoms. The van der Waals surface area contributed by atoms with Gasteiger partial charge in [-0.15, -0.1) is 0 Å². The van der Waals surface area contributed by atoms with E-state index in [1.807, 2.05) is 48.5 Å². The van der Waals surface area contributed by atoms with Crippen molar-refractivity contribution < 1.29 is 9.53 Å². The standard InChI is InChI=1S/C22H26N4O2/c27-21(11-8-17-6-2-1-3-7-17)23-22-19-16-18(9-10-20(19)24-25-22)28-15-14-26-12-4-5-13-26/h1-3,6-7,9-10,16H,4-5,8,11-15H2,(H2,23,24,25,27). The fourth-order valence-electron chi connectivity index (χ4n) is 3.57. The molecule has 6 heteroatoms. The molecule has 0 aliphatic carbocycles. The third kappa shape index (κ3) is 4.70. The monoisotopic (exact) mass is 378 g/mol. The second kappa shape index (κ2) is 8.89. The SMILES string of the molecule is O=C(CCc1ccccc1)Nc1n[nH]c2ccc(OCCN3CCCC3)cc12. The molecule has 1 aromatic heterocycles. The molecule has 1 aliphatic rings. The van der Waals surface area contributed by atoms with Gasteiger partial charge in [-0.1, -0.05) is 30.3 Å². The number of anilines is 1. The summed E-state index contributed by atoms with van der Waals surface area (Å²) in [5.74, 6) is 1.31. The van der Waals surface area contributed by atoms with Crippen LogP contribution in [0.15, 0.2) is 48.5 Å². The maximum atomic E-state index is 12.3. The summed E-state index contributed by atoms with van der Waals surface area (Å²) in [6.45, 7) is 3.96. The van der Waals surface area contributed by atoms with E-state index in [4.69, 9.17) is 4.74 Å². The van der Waals surface area contributed by atoms with E-state index in [0.717, 1.165) is 28.8 Å². The number of aryl methyl sites for hydroxylation is 1. The van der Waals surface area contributed by atoms with Gasteiger partial charge in [0, 0.05) is 18.4 Å². The van der Waals surface area contributed by atoms with Crippen molar-refractivity contribution in [1.29, 1.82) is 0 Å². The van der Waals surface area contributed by atoms with E-state index in [1.165, 1.54) is 25.9 Å². The molecule has 2 heterocycles. The Morgan fingerprint density at radius 3 is 2.79 bits per heavy atom. The average molecular weight is 378 g/mol. The summed E-state index contributed by atoms with van der Waals surface area (Å²) >= 11 is 0. The summed E-state index contributed by atoms with van der Waals surface area (Å²) in [4.78, 5) is 14.8. The molecule has 146 valence electrons. The predicted molar refractivity (Wildman–Crippen MR) is 111 cm³/mol. The largest absolute Gasteiger partial charge is 0.492 e. The number of aromatic nitrogens is 2. The third-order valence-electron chi connectivity index (χ3n) is 5.15. The van der Waals surface area contributed by atoms with Crippen LogP contribution in [-0.4, -0.2) is 47.2 Å². The zero-order valence-electron chi connectivity index (χ0n) is 16.0. The first-order chi connectivity index (χ1) is 13.8. The maximum Gasteiger partial charge on any atom is 0.225 e. The number of hydrogen-bond donors (Lipinski definition) is 2. The van der Waals surface area contributed by atoms with Crippen LogP contribution >= 0.6 is 0 Å². The molecule has 2 aromatic carbocycles. The number of nitrogens with zero attached hydrogens (tertiary/aromatic N) is 2. The molecule has 0 bridgehead atoms.